The fourth-order valence-electron chi connectivity index (χ4n) is 7.81. The minimum Gasteiger partial charge on any atom is -0.462 e. The standard InChI is InChI=1S/C52H100O6/c1-6-7-8-9-10-11-12-13-14-15-19-22-27-32-37-42-50(53)56-45-49(58-52(55)44-39-34-29-24-26-31-36-41-48(4)5)46-57-51(54)43-38-33-28-23-20-17-16-18-21-25-30-35-40-47(2)3/h47-49H,6-46H2,1-5H3/t49-/m1/s1. The average molecular weight is 821 g/mol. The summed E-state index contributed by atoms with van der Waals surface area (Å²) in [5.41, 5.74) is 0. The summed E-state index contributed by atoms with van der Waals surface area (Å²) >= 11 is 0. The largest absolute Gasteiger partial charge is 0.462 e. The lowest BCUT2D eigenvalue weighted by Gasteiger charge is -2.18. The van der Waals surface area contributed by atoms with Crippen LogP contribution in [-0.4, -0.2) is 37.2 Å². The number of hydrogen-bond acceptors (Lipinski definition) is 6. The van der Waals surface area contributed by atoms with Crippen LogP contribution >= 0.6 is 0 Å². The van der Waals surface area contributed by atoms with Gasteiger partial charge in [0, 0.05) is 19.3 Å². The van der Waals surface area contributed by atoms with Crippen molar-refractivity contribution in [2.75, 3.05) is 13.2 Å². The second-order valence-electron chi connectivity index (χ2n) is 18.8. The molecule has 0 N–H and O–H groups in total. The number of esters is 3. The summed E-state index contributed by atoms with van der Waals surface area (Å²) < 4.78 is 16.8. The molecule has 0 amide bonds. The Morgan fingerprint density at radius 2 is 0.569 bits per heavy atom. The average Bonchev–Trinajstić information content (AvgIpc) is 3.19. The van der Waals surface area contributed by atoms with Crippen molar-refractivity contribution in [2.24, 2.45) is 11.8 Å². The van der Waals surface area contributed by atoms with Crippen molar-refractivity contribution in [3.63, 3.8) is 0 Å². The first-order valence-corrected chi connectivity index (χ1v) is 25.7. The van der Waals surface area contributed by atoms with Crippen LogP contribution < -0.4 is 0 Å². The van der Waals surface area contributed by atoms with Gasteiger partial charge in [-0.1, -0.05) is 247 Å². The molecule has 0 aliphatic carbocycles. The van der Waals surface area contributed by atoms with Crippen LogP contribution in [0.1, 0.15) is 285 Å². The summed E-state index contributed by atoms with van der Waals surface area (Å²) in [5.74, 6) is 0.760. The highest BCUT2D eigenvalue weighted by Crippen LogP contribution is 2.17. The Labute approximate surface area is 361 Å². The highest BCUT2D eigenvalue weighted by molar-refractivity contribution is 5.71. The molecule has 0 heterocycles. The van der Waals surface area contributed by atoms with Crippen molar-refractivity contribution in [1.82, 2.24) is 0 Å². The van der Waals surface area contributed by atoms with Gasteiger partial charge in [-0.05, 0) is 31.1 Å². The van der Waals surface area contributed by atoms with E-state index in [9.17, 15) is 14.4 Å². The third kappa shape index (κ3) is 45.5. The third-order valence-corrected chi connectivity index (χ3v) is 11.7. The molecular weight excluding hydrogens is 721 g/mol. The lowest BCUT2D eigenvalue weighted by Crippen LogP contribution is -2.30. The number of rotatable bonds is 46. The predicted octanol–water partition coefficient (Wildman–Crippen LogP) is 16.5. The van der Waals surface area contributed by atoms with Crippen molar-refractivity contribution in [3.05, 3.63) is 0 Å². The first-order chi connectivity index (χ1) is 28.2. The number of unbranched alkanes of at least 4 members (excludes halogenated alkanes) is 31. The van der Waals surface area contributed by atoms with Crippen LogP contribution in [0.5, 0.6) is 0 Å². The molecule has 0 spiro atoms. The van der Waals surface area contributed by atoms with E-state index in [0.29, 0.717) is 19.3 Å². The number of carbonyl (C=O) groups is 3. The van der Waals surface area contributed by atoms with Gasteiger partial charge in [-0.15, -0.1) is 0 Å². The zero-order chi connectivity index (χ0) is 42.6. The monoisotopic (exact) mass is 821 g/mol. The summed E-state index contributed by atoms with van der Waals surface area (Å²) in [6.07, 6.45) is 45.2. The van der Waals surface area contributed by atoms with E-state index in [1.165, 1.54) is 173 Å². The molecule has 0 radical (unpaired) electrons. The van der Waals surface area contributed by atoms with E-state index in [1.54, 1.807) is 0 Å². The Morgan fingerprint density at radius 1 is 0.328 bits per heavy atom. The van der Waals surface area contributed by atoms with Gasteiger partial charge in [0.25, 0.3) is 0 Å². The maximum absolute atomic E-state index is 12.7. The molecule has 0 aromatic carbocycles. The van der Waals surface area contributed by atoms with Gasteiger partial charge in [0.05, 0.1) is 0 Å². The molecule has 0 aliphatic heterocycles. The molecule has 0 aromatic rings. The SMILES string of the molecule is CCCCCCCCCCCCCCCCCC(=O)OC[C@H](COC(=O)CCCCCCCCCCCCCCC(C)C)OC(=O)CCCCCCCCCC(C)C. The van der Waals surface area contributed by atoms with Crippen LogP contribution in [0.4, 0.5) is 0 Å². The van der Waals surface area contributed by atoms with Gasteiger partial charge in [-0.25, -0.2) is 0 Å². The fraction of sp³-hybridized carbons (Fsp3) is 0.942. The van der Waals surface area contributed by atoms with Gasteiger partial charge >= 0.3 is 17.9 Å². The molecule has 6 heteroatoms. The van der Waals surface area contributed by atoms with Gasteiger partial charge in [-0.2, -0.15) is 0 Å². The normalized spacial score (nSPS) is 12.1. The summed E-state index contributed by atoms with van der Waals surface area (Å²) in [6, 6.07) is 0. The number of ether oxygens (including phenoxy) is 3. The highest BCUT2D eigenvalue weighted by Gasteiger charge is 2.19. The van der Waals surface area contributed by atoms with Crippen molar-refractivity contribution < 1.29 is 28.6 Å². The van der Waals surface area contributed by atoms with E-state index in [1.807, 2.05) is 0 Å². The van der Waals surface area contributed by atoms with Crippen LogP contribution in [0.2, 0.25) is 0 Å². The van der Waals surface area contributed by atoms with E-state index in [2.05, 4.69) is 34.6 Å². The maximum atomic E-state index is 12.7. The van der Waals surface area contributed by atoms with E-state index in [4.69, 9.17) is 14.2 Å². The lowest BCUT2D eigenvalue weighted by atomic mass is 10.0. The van der Waals surface area contributed by atoms with Crippen molar-refractivity contribution in [2.45, 2.75) is 291 Å². The Balaban J connectivity index is 4.27. The molecule has 0 fully saturated rings. The molecule has 0 unspecified atom stereocenters. The van der Waals surface area contributed by atoms with E-state index < -0.39 is 6.10 Å². The van der Waals surface area contributed by atoms with Crippen LogP contribution in [0.25, 0.3) is 0 Å². The Bertz CT molecular complexity index is 885. The van der Waals surface area contributed by atoms with E-state index in [-0.39, 0.29) is 31.1 Å². The Hall–Kier alpha value is -1.59. The van der Waals surface area contributed by atoms with E-state index >= 15 is 0 Å². The van der Waals surface area contributed by atoms with Crippen LogP contribution in [-0.2, 0) is 28.6 Å². The smallest absolute Gasteiger partial charge is 0.306 e. The highest BCUT2D eigenvalue weighted by atomic mass is 16.6. The molecule has 0 bridgehead atoms. The minimum atomic E-state index is -0.762. The van der Waals surface area contributed by atoms with Crippen LogP contribution in [0.3, 0.4) is 0 Å². The Kier molecular flexibility index (Phi) is 43.7. The summed E-state index contributed by atoms with van der Waals surface area (Å²) in [4.78, 5) is 37.9. The number of carbonyl (C=O) groups excluding carboxylic acids is 3. The predicted molar refractivity (Wildman–Crippen MR) is 247 cm³/mol. The van der Waals surface area contributed by atoms with Gasteiger partial charge in [0.15, 0.2) is 6.10 Å². The minimum absolute atomic E-state index is 0.0644. The first kappa shape index (κ1) is 56.4. The van der Waals surface area contributed by atoms with Gasteiger partial charge in [-0.3, -0.25) is 14.4 Å². The summed E-state index contributed by atoms with van der Waals surface area (Å²) in [7, 11) is 0. The van der Waals surface area contributed by atoms with Crippen molar-refractivity contribution in [3.8, 4) is 0 Å². The molecular formula is C52H100O6. The number of hydrogen-bond donors (Lipinski definition) is 0. The summed E-state index contributed by atoms with van der Waals surface area (Å²) in [6.45, 7) is 11.3. The van der Waals surface area contributed by atoms with Gasteiger partial charge < -0.3 is 14.2 Å². The van der Waals surface area contributed by atoms with E-state index in [0.717, 1.165) is 69.6 Å². The fourth-order valence-corrected chi connectivity index (χ4v) is 7.81. The van der Waals surface area contributed by atoms with Crippen LogP contribution in [0.15, 0.2) is 0 Å². The molecule has 0 saturated carbocycles. The molecule has 344 valence electrons. The second kappa shape index (κ2) is 44.9. The molecule has 0 saturated heterocycles. The van der Waals surface area contributed by atoms with Crippen molar-refractivity contribution >= 4 is 17.9 Å². The zero-order valence-corrected chi connectivity index (χ0v) is 39.7. The van der Waals surface area contributed by atoms with Gasteiger partial charge in [0.1, 0.15) is 13.2 Å². The lowest BCUT2D eigenvalue weighted by molar-refractivity contribution is -0.167. The molecule has 0 aromatic heterocycles. The first-order valence-electron chi connectivity index (χ1n) is 25.7. The molecule has 0 rings (SSSR count). The second-order valence-corrected chi connectivity index (χ2v) is 18.8. The van der Waals surface area contributed by atoms with Crippen LogP contribution in [0, 0.1) is 11.8 Å². The van der Waals surface area contributed by atoms with Gasteiger partial charge in [0.2, 0.25) is 0 Å². The quantitative estimate of drug-likeness (QED) is 0.0346. The zero-order valence-electron chi connectivity index (χ0n) is 39.7. The molecule has 0 aliphatic rings. The maximum Gasteiger partial charge on any atom is 0.306 e. The van der Waals surface area contributed by atoms with Crippen molar-refractivity contribution in [1.29, 1.82) is 0 Å². The Morgan fingerprint density at radius 3 is 0.845 bits per heavy atom. The summed E-state index contributed by atoms with van der Waals surface area (Å²) in [5, 5.41) is 0. The topological polar surface area (TPSA) is 78.9 Å². The molecule has 1 atom stereocenters. The molecule has 58 heavy (non-hydrogen) atoms. The molecule has 6 nitrogen and oxygen atoms in total. The third-order valence-electron chi connectivity index (χ3n) is 11.7.